The Morgan fingerprint density at radius 2 is 1.86 bits per heavy atom. The molecule has 0 aliphatic heterocycles. The van der Waals surface area contributed by atoms with Crippen molar-refractivity contribution in [2.45, 2.75) is 25.6 Å². The molecule has 4 heteroatoms. The van der Waals surface area contributed by atoms with Gasteiger partial charge in [0.2, 0.25) is 0 Å². The van der Waals surface area contributed by atoms with Gasteiger partial charge in [-0.1, -0.05) is 41.9 Å². The summed E-state index contributed by atoms with van der Waals surface area (Å²) in [7, 11) is 0. The summed E-state index contributed by atoms with van der Waals surface area (Å²) in [6, 6.07) is 14.4. The topological polar surface area (TPSA) is 49.7 Å². The first kappa shape index (κ1) is 15.8. The number of aliphatic hydroxyl groups is 2. The van der Waals surface area contributed by atoms with E-state index in [1.807, 2.05) is 30.3 Å². The van der Waals surface area contributed by atoms with E-state index in [1.165, 1.54) is 0 Å². The minimum atomic E-state index is -1.11. The average Bonchev–Trinajstić information content (AvgIpc) is 2.47. The van der Waals surface area contributed by atoms with Gasteiger partial charge in [0, 0.05) is 10.6 Å². The third-order valence-corrected chi connectivity index (χ3v) is 3.56. The molecule has 0 amide bonds. The molecule has 2 N–H and O–H groups in total. The number of halogens is 1. The van der Waals surface area contributed by atoms with Crippen LogP contribution in [-0.2, 0) is 5.60 Å². The molecule has 112 valence electrons. The second kappa shape index (κ2) is 6.48. The Morgan fingerprint density at radius 3 is 2.48 bits per heavy atom. The van der Waals surface area contributed by atoms with E-state index in [-0.39, 0.29) is 6.61 Å². The fourth-order valence-corrected chi connectivity index (χ4v) is 2.26. The molecule has 2 atom stereocenters. The van der Waals surface area contributed by atoms with E-state index in [2.05, 4.69) is 0 Å². The van der Waals surface area contributed by atoms with E-state index in [1.54, 1.807) is 32.0 Å². The monoisotopic (exact) mass is 306 g/mol. The van der Waals surface area contributed by atoms with Gasteiger partial charge in [0.15, 0.2) is 0 Å². The lowest BCUT2D eigenvalue weighted by Gasteiger charge is -2.25. The predicted molar refractivity (Wildman–Crippen MR) is 83.6 cm³/mol. The minimum Gasteiger partial charge on any atom is -0.490 e. The van der Waals surface area contributed by atoms with Crippen molar-refractivity contribution in [3.05, 3.63) is 64.7 Å². The van der Waals surface area contributed by atoms with Crippen molar-refractivity contribution >= 4 is 11.6 Å². The molecule has 0 saturated heterocycles. The van der Waals surface area contributed by atoms with Crippen LogP contribution in [0.1, 0.15) is 31.1 Å². The molecule has 0 saturated carbocycles. The van der Waals surface area contributed by atoms with Crippen molar-refractivity contribution in [2.24, 2.45) is 0 Å². The van der Waals surface area contributed by atoms with Gasteiger partial charge in [-0.25, -0.2) is 0 Å². The van der Waals surface area contributed by atoms with E-state index in [4.69, 9.17) is 16.3 Å². The SMILES string of the molecule is C[C@@H](O)c1cc(Cl)ccc1OCC(C)(O)c1ccccc1. The zero-order valence-electron chi connectivity index (χ0n) is 12.1. The molecule has 0 spiro atoms. The summed E-state index contributed by atoms with van der Waals surface area (Å²) in [5, 5.41) is 20.8. The third-order valence-electron chi connectivity index (χ3n) is 3.33. The van der Waals surface area contributed by atoms with Crippen LogP contribution in [0.2, 0.25) is 5.02 Å². The number of ether oxygens (including phenoxy) is 1. The highest BCUT2D eigenvalue weighted by Gasteiger charge is 2.24. The van der Waals surface area contributed by atoms with Crippen LogP contribution in [0.25, 0.3) is 0 Å². The van der Waals surface area contributed by atoms with Crippen LogP contribution >= 0.6 is 11.6 Å². The summed E-state index contributed by atoms with van der Waals surface area (Å²) < 4.78 is 5.70. The van der Waals surface area contributed by atoms with E-state index >= 15 is 0 Å². The molecule has 21 heavy (non-hydrogen) atoms. The van der Waals surface area contributed by atoms with Crippen LogP contribution in [0.15, 0.2) is 48.5 Å². The molecule has 0 bridgehead atoms. The Labute approximate surface area is 129 Å². The van der Waals surface area contributed by atoms with Gasteiger partial charge in [0.1, 0.15) is 18.0 Å². The largest absolute Gasteiger partial charge is 0.490 e. The Bertz CT molecular complexity index is 594. The predicted octanol–water partition coefficient (Wildman–Crippen LogP) is 3.68. The summed E-state index contributed by atoms with van der Waals surface area (Å²) in [4.78, 5) is 0. The van der Waals surface area contributed by atoms with E-state index in [9.17, 15) is 10.2 Å². The lowest BCUT2D eigenvalue weighted by molar-refractivity contribution is 0.00657. The molecular formula is C17H19ClO3. The quantitative estimate of drug-likeness (QED) is 0.886. The van der Waals surface area contributed by atoms with E-state index in [0.717, 1.165) is 5.56 Å². The molecule has 2 rings (SSSR count). The molecule has 0 aliphatic rings. The van der Waals surface area contributed by atoms with Gasteiger partial charge in [-0.3, -0.25) is 0 Å². The van der Waals surface area contributed by atoms with Crippen LogP contribution in [0, 0.1) is 0 Å². The third kappa shape index (κ3) is 3.97. The highest BCUT2D eigenvalue weighted by Crippen LogP contribution is 2.30. The highest BCUT2D eigenvalue weighted by molar-refractivity contribution is 6.30. The lowest BCUT2D eigenvalue weighted by Crippen LogP contribution is -2.29. The van der Waals surface area contributed by atoms with Gasteiger partial charge in [0.25, 0.3) is 0 Å². The molecule has 0 heterocycles. The van der Waals surface area contributed by atoms with E-state index in [0.29, 0.717) is 16.3 Å². The molecular weight excluding hydrogens is 288 g/mol. The first-order chi connectivity index (χ1) is 9.90. The van der Waals surface area contributed by atoms with Crippen molar-refractivity contribution in [3.8, 4) is 5.75 Å². The number of hydrogen-bond acceptors (Lipinski definition) is 3. The second-order valence-electron chi connectivity index (χ2n) is 5.29. The van der Waals surface area contributed by atoms with Gasteiger partial charge < -0.3 is 14.9 Å². The summed E-state index contributed by atoms with van der Waals surface area (Å²) in [5.41, 5.74) is 0.264. The van der Waals surface area contributed by atoms with Gasteiger partial charge in [0.05, 0.1) is 6.10 Å². The van der Waals surface area contributed by atoms with Crippen LogP contribution < -0.4 is 4.74 Å². The summed E-state index contributed by atoms with van der Waals surface area (Å²) in [5.74, 6) is 0.519. The lowest BCUT2D eigenvalue weighted by atomic mass is 9.97. The van der Waals surface area contributed by atoms with Crippen LogP contribution in [0.5, 0.6) is 5.75 Å². The molecule has 0 radical (unpaired) electrons. The van der Waals surface area contributed by atoms with Crippen LogP contribution in [0.3, 0.4) is 0 Å². The smallest absolute Gasteiger partial charge is 0.125 e. The summed E-state index contributed by atoms with van der Waals surface area (Å²) in [6.45, 7) is 3.42. The Hall–Kier alpha value is -1.55. The molecule has 1 unspecified atom stereocenters. The van der Waals surface area contributed by atoms with Gasteiger partial charge in [-0.2, -0.15) is 0 Å². The molecule has 0 aromatic heterocycles. The molecule has 0 aliphatic carbocycles. The van der Waals surface area contributed by atoms with Crippen molar-refractivity contribution in [1.82, 2.24) is 0 Å². The van der Waals surface area contributed by atoms with Gasteiger partial charge in [-0.15, -0.1) is 0 Å². The van der Waals surface area contributed by atoms with Crippen molar-refractivity contribution in [1.29, 1.82) is 0 Å². The number of hydrogen-bond donors (Lipinski definition) is 2. The molecule has 2 aromatic carbocycles. The van der Waals surface area contributed by atoms with Crippen molar-refractivity contribution in [3.63, 3.8) is 0 Å². The maximum absolute atomic E-state index is 10.5. The normalized spacial score (nSPS) is 15.3. The number of rotatable bonds is 5. The minimum absolute atomic E-state index is 0.0817. The van der Waals surface area contributed by atoms with Crippen molar-refractivity contribution < 1.29 is 14.9 Å². The maximum atomic E-state index is 10.5. The maximum Gasteiger partial charge on any atom is 0.125 e. The highest BCUT2D eigenvalue weighted by atomic mass is 35.5. The fourth-order valence-electron chi connectivity index (χ4n) is 2.08. The molecule has 0 fully saturated rings. The fraction of sp³-hybridized carbons (Fsp3) is 0.294. The Morgan fingerprint density at radius 1 is 1.19 bits per heavy atom. The van der Waals surface area contributed by atoms with Gasteiger partial charge >= 0.3 is 0 Å². The Kier molecular flexibility index (Phi) is 4.88. The summed E-state index contributed by atoms with van der Waals surface area (Å²) in [6.07, 6.45) is -0.694. The number of benzene rings is 2. The number of aliphatic hydroxyl groups excluding tert-OH is 1. The zero-order valence-corrected chi connectivity index (χ0v) is 12.8. The second-order valence-corrected chi connectivity index (χ2v) is 5.72. The molecule has 2 aromatic rings. The van der Waals surface area contributed by atoms with Crippen LogP contribution in [0.4, 0.5) is 0 Å². The zero-order chi connectivity index (χ0) is 15.5. The summed E-state index contributed by atoms with van der Waals surface area (Å²) >= 11 is 5.93. The molecule has 3 nitrogen and oxygen atoms in total. The standard InChI is InChI=1S/C17H19ClO3/c1-12(19)15-10-14(18)8-9-16(15)21-11-17(2,20)13-6-4-3-5-7-13/h3-10,12,19-20H,11H2,1-2H3/t12-,17?/m1/s1. The Balaban J connectivity index is 2.16. The first-order valence-electron chi connectivity index (χ1n) is 6.78. The first-order valence-corrected chi connectivity index (χ1v) is 7.16. The average molecular weight is 307 g/mol. The van der Waals surface area contributed by atoms with Gasteiger partial charge in [-0.05, 0) is 37.6 Å². The van der Waals surface area contributed by atoms with Crippen LogP contribution in [-0.4, -0.2) is 16.8 Å². The van der Waals surface area contributed by atoms with Crippen molar-refractivity contribution in [2.75, 3.05) is 6.61 Å². The van der Waals surface area contributed by atoms with E-state index < -0.39 is 11.7 Å².